The van der Waals surface area contributed by atoms with E-state index in [4.69, 9.17) is 0 Å². The summed E-state index contributed by atoms with van der Waals surface area (Å²) < 4.78 is 2.37. The van der Waals surface area contributed by atoms with Crippen LogP contribution in [0.2, 0.25) is 19.6 Å². The molecule has 10 rings (SSSR count). The average molecular weight is 787 g/mol. The van der Waals surface area contributed by atoms with Crippen LogP contribution in [0.15, 0.2) is 224 Å². The van der Waals surface area contributed by atoms with E-state index in [2.05, 4.69) is 254 Å². The fourth-order valence-corrected chi connectivity index (χ4v) is 9.70. The van der Waals surface area contributed by atoms with E-state index in [1.165, 1.54) is 77.2 Å². The van der Waals surface area contributed by atoms with E-state index in [-0.39, 0.29) is 0 Å². The van der Waals surface area contributed by atoms with E-state index >= 15 is 0 Å². The Morgan fingerprint density at radius 3 is 1.27 bits per heavy atom. The summed E-state index contributed by atoms with van der Waals surface area (Å²) in [5, 5.41) is 3.99. The van der Waals surface area contributed by atoms with Crippen molar-refractivity contribution in [1.82, 2.24) is 4.57 Å². The molecule has 0 aliphatic heterocycles. The minimum atomic E-state index is -1.37. The summed E-state index contributed by atoms with van der Waals surface area (Å²) >= 11 is 0. The van der Waals surface area contributed by atoms with Crippen molar-refractivity contribution in [3.63, 3.8) is 0 Å². The number of hydrogen-bond donors (Lipinski definition) is 0. The Morgan fingerprint density at radius 2 is 0.717 bits per heavy atom. The Kier molecular flexibility index (Phi) is 9.59. The monoisotopic (exact) mass is 786 g/mol. The molecular weight excluding hydrogens is 741 g/mol. The molecule has 0 saturated heterocycles. The number of rotatable bonds is 9. The molecule has 1 heterocycles. The van der Waals surface area contributed by atoms with E-state index in [0.29, 0.717) is 0 Å². The molecule has 0 atom stereocenters. The van der Waals surface area contributed by atoms with Crippen LogP contribution in [-0.2, 0) is 0 Å². The molecule has 2 nitrogen and oxygen atoms in total. The van der Waals surface area contributed by atoms with Crippen molar-refractivity contribution < 1.29 is 0 Å². The second-order valence-electron chi connectivity index (χ2n) is 16.7. The Bertz CT molecular complexity index is 3070. The smallest absolute Gasteiger partial charge is 0.0775 e. The summed E-state index contributed by atoms with van der Waals surface area (Å²) in [6, 6.07) is 81.9. The molecule has 0 fully saturated rings. The van der Waals surface area contributed by atoms with Gasteiger partial charge in [-0.15, -0.1) is 0 Å². The molecule has 0 amide bonds. The predicted octanol–water partition coefficient (Wildman–Crippen LogP) is 15.5. The molecule has 0 unspecified atom stereocenters. The van der Waals surface area contributed by atoms with Gasteiger partial charge in [-0.3, -0.25) is 0 Å². The van der Waals surface area contributed by atoms with E-state index in [1.807, 2.05) is 0 Å². The Labute approximate surface area is 354 Å². The molecule has 0 aliphatic rings. The maximum atomic E-state index is 2.40. The third-order valence-corrected chi connectivity index (χ3v) is 13.8. The van der Waals surface area contributed by atoms with Crippen molar-refractivity contribution in [2.75, 3.05) is 4.90 Å². The number of benzene rings is 9. The first-order valence-corrected chi connectivity index (χ1v) is 24.3. The van der Waals surface area contributed by atoms with Gasteiger partial charge in [0.1, 0.15) is 0 Å². The zero-order valence-electron chi connectivity index (χ0n) is 34.3. The van der Waals surface area contributed by atoms with Crippen LogP contribution in [0.5, 0.6) is 0 Å². The maximum absolute atomic E-state index is 2.40. The number of anilines is 3. The van der Waals surface area contributed by atoms with Crippen LogP contribution in [0.1, 0.15) is 0 Å². The molecule has 288 valence electrons. The van der Waals surface area contributed by atoms with Gasteiger partial charge in [0.25, 0.3) is 0 Å². The normalized spacial score (nSPS) is 11.6. The van der Waals surface area contributed by atoms with Gasteiger partial charge in [-0.1, -0.05) is 176 Å². The van der Waals surface area contributed by atoms with Crippen LogP contribution in [-0.4, -0.2) is 12.6 Å². The second kappa shape index (κ2) is 15.5. The van der Waals surface area contributed by atoms with Gasteiger partial charge in [0, 0.05) is 33.5 Å². The zero-order chi connectivity index (χ0) is 40.6. The van der Waals surface area contributed by atoms with Gasteiger partial charge in [0.15, 0.2) is 0 Å². The van der Waals surface area contributed by atoms with Crippen molar-refractivity contribution in [3.8, 4) is 50.2 Å². The third kappa shape index (κ3) is 7.14. The average Bonchev–Trinajstić information content (AvgIpc) is 3.64. The van der Waals surface area contributed by atoms with Gasteiger partial charge >= 0.3 is 0 Å². The van der Waals surface area contributed by atoms with Gasteiger partial charge in [-0.2, -0.15) is 0 Å². The Balaban J connectivity index is 1.01. The summed E-state index contributed by atoms with van der Waals surface area (Å²) in [4.78, 5) is 2.36. The highest BCUT2D eigenvalue weighted by atomic mass is 28.3. The largest absolute Gasteiger partial charge is 0.311 e. The van der Waals surface area contributed by atoms with Gasteiger partial charge in [-0.05, 0) is 117 Å². The number of hydrogen-bond acceptors (Lipinski definition) is 1. The lowest BCUT2D eigenvalue weighted by atomic mass is 9.98. The van der Waals surface area contributed by atoms with Crippen LogP contribution in [0.25, 0.3) is 72.0 Å². The Morgan fingerprint density at radius 1 is 0.317 bits per heavy atom. The first-order chi connectivity index (χ1) is 29.4. The summed E-state index contributed by atoms with van der Waals surface area (Å²) in [5.74, 6) is 0. The number of fused-ring (bicyclic) bond motifs is 3. The highest BCUT2D eigenvalue weighted by Gasteiger charge is 2.18. The fraction of sp³-hybridized carbons (Fsp3) is 0.0526. The Hall–Kier alpha value is -7.20. The highest BCUT2D eigenvalue weighted by Crippen LogP contribution is 2.39. The summed E-state index contributed by atoms with van der Waals surface area (Å²) in [6.45, 7) is 7.20. The van der Waals surface area contributed by atoms with Crippen molar-refractivity contribution >= 4 is 52.1 Å². The third-order valence-electron chi connectivity index (χ3n) is 11.8. The van der Waals surface area contributed by atoms with E-state index in [1.54, 1.807) is 0 Å². The lowest BCUT2D eigenvalue weighted by Gasteiger charge is -2.26. The number of aromatic nitrogens is 1. The second-order valence-corrected chi connectivity index (χ2v) is 21.7. The van der Waals surface area contributed by atoms with Crippen LogP contribution in [0, 0.1) is 0 Å². The van der Waals surface area contributed by atoms with Gasteiger partial charge < -0.3 is 9.47 Å². The molecule has 9 aromatic carbocycles. The van der Waals surface area contributed by atoms with Crippen molar-refractivity contribution in [2.45, 2.75) is 19.6 Å². The number of para-hydroxylation sites is 2. The van der Waals surface area contributed by atoms with Crippen LogP contribution < -0.4 is 10.1 Å². The van der Waals surface area contributed by atoms with E-state index in [0.717, 1.165) is 17.1 Å². The lowest BCUT2D eigenvalue weighted by molar-refractivity contribution is 1.18. The molecule has 3 heteroatoms. The molecule has 1 aromatic heterocycles. The molecule has 0 radical (unpaired) electrons. The topological polar surface area (TPSA) is 8.17 Å². The van der Waals surface area contributed by atoms with Crippen molar-refractivity contribution in [2.24, 2.45) is 0 Å². The zero-order valence-corrected chi connectivity index (χ0v) is 35.3. The minimum absolute atomic E-state index is 1.10. The maximum Gasteiger partial charge on any atom is 0.0775 e. The molecule has 0 N–H and O–H groups in total. The van der Waals surface area contributed by atoms with E-state index < -0.39 is 8.07 Å². The van der Waals surface area contributed by atoms with Crippen molar-refractivity contribution in [1.29, 1.82) is 0 Å². The van der Waals surface area contributed by atoms with Crippen LogP contribution in [0.3, 0.4) is 0 Å². The summed E-state index contributed by atoms with van der Waals surface area (Å²) in [5.41, 5.74) is 16.6. The highest BCUT2D eigenvalue weighted by molar-refractivity contribution is 6.88. The van der Waals surface area contributed by atoms with Crippen LogP contribution >= 0.6 is 0 Å². The van der Waals surface area contributed by atoms with Crippen LogP contribution in [0.4, 0.5) is 17.1 Å². The molecule has 0 spiro atoms. The van der Waals surface area contributed by atoms with E-state index in [9.17, 15) is 0 Å². The van der Waals surface area contributed by atoms with Gasteiger partial charge in [0.2, 0.25) is 0 Å². The molecule has 60 heavy (non-hydrogen) atoms. The lowest BCUT2D eigenvalue weighted by Crippen LogP contribution is -2.37. The molecule has 0 aliphatic carbocycles. The van der Waals surface area contributed by atoms with Gasteiger partial charge in [0.05, 0.1) is 19.1 Å². The quantitative estimate of drug-likeness (QED) is 0.132. The number of nitrogens with zero attached hydrogens (tertiary/aromatic N) is 2. The SMILES string of the molecule is C[Si](C)(C)c1ccc(-c2ccc(N(c3ccc(-c4cccc(-c5ccccc5)c4)cc3)c3ccc(-c4ccc5c(c4)c4ccccc4n5-c4ccccc4)cc3)cc2)cc1. The van der Waals surface area contributed by atoms with Crippen molar-refractivity contribution in [3.05, 3.63) is 224 Å². The predicted molar refractivity (Wildman–Crippen MR) is 260 cm³/mol. The molecule has 0 bridgehead atoms. The summed E-state index contributed by atoms with van der Waals surface area (Å²) in [7, 11) is -1.37. The van der Waals surface area contributed by atoms with Gasteiger partial charge in [-0.25, -0.2) is 0 Å². The fourth-order valence-electron chi connectivity index (χ4n) is 8.54. The molecule has 0 saturated carbocycles. The minimum Gasteiger partial charge on any atom is -0.311 e. The first kappa shape index (κ1) is 37.1. The molecule has 10 aromatic rings. The summed E-state index contributed by atoms with van der Waals surface area (Å²) in [6.07, 6.45) is 0. The molecular formula is C57H46N2Si. The first-order valence-electron chi connectivity index (χ1n) is 20.8. The standard InChI is InChI=1S/C57H46N2Si/c1-60(2,3)53-36-27-43(28-37-53)42-21-30-50(31-22-42)58(51-32-23-44(24-33-51)47-16-12-15-46(39-47)41-13-6-4-7-14-41)52-34-25-45(26-35-52)48-29-38-57-55(40-48)54-19-10-11-20-56(54)59(57)49-17-8-5-9-18-49/h4-40H,1-3H3.